The number of nitrogens with zero attached hydrogens (tertiary/aromatic N) is 2. The number of hydrogen-bond acceptors (Lipinski definition) is 5. The highest BCUT2D eigenvalue weighted by Crippen LogP contribution is 2.15. The van der Waals surface area contributed by atoms with Gasteiger partial charge in [-0.2, -0.15) is 5.48 Å². The van der Waals surface area contributed by atoms with Crippen molar-refractivity contribution in [2.24, 2.45) is 0 Å². The normalized spacial score (nSPS) is 29.8. The zero-order valence-electron chi connectivity index (χ0n) is 10.6. The van der Waals surface area contributed by atoms with Gasteiger partial charge in [0.1, 0.15) is 6.73 Å². The quantitative estimate of drug-likeness (QED) is 0.685. The van der Waals surface area contributed by atoms with Crippen LogP contribution in [0.15, 0.2) is 0 Å². The highest BCUT2D eigenvalue weighted by molar-refractivity contribution is 4.83. The van der Waals surface area contributed by atoms with Crippen molar-refractivity contribution in [3.05, 3.63) is 0 Å². The van der Waals surface area contributed by atoms with E-state index < -0.39 is 0 Å². The first-order valence-electron chi connectivity index (χ1n) is 6.14. The lowest BCUT2D eigenvalue weighted by Gasteiger charge is -2.42. The van der Waals surface area contributed by atoms with Gasteiger partial charge in [0, 0.05) is 38.3 Å². The second-order valence-corrected chi connectivity index (χ2v) is 5.62. The molecule has 0 amide bonds. The molecule has 2 aliphatic rings. The van der Waals surface area contributed by atoms with Gasteiger partial charge in [-0.05, 0) is 20.8 Å². The summed E-state index contributed by atoms with van der Waals surface area (Å²) in [5.41, 5.74) is 3.28. The molecule has 2 fully saturated rings. The Labute approximate surface area is 98.1 Å². The molecule has 1 atom stereocenters. The minimum Gasteiger partial charge on any atom is -0.298 e. The van der Waals surface area contributed by atoms with Gasteiger partial charge in [0.2, 0.25) is 0 Å². The Morgan fingerprint density at radius 1 is 1.19 bits per heavy atom. The van der Waals surface area contributed by atoms with E-state index in [1.807, 2.05) is 0 Å². The van der Waals surface area contributed by atoms with E-state index in [0.717, 1.165) is 32.7 Å². The molecule has 2 saturated heterocycles. The zero-order valence-corrected chi connectivity index (χ0v) is 10.6. The summed E-state index contributed by atoms with van der Waals surface area (Å²) in [6.45, 7) is 13.1. The summed E-state index contributed by atoms with van der Waals surface area (Å²) in [4.78, 5) is 10.1. The summed E-state index contributed by atoms with van der Waals surface area (Å²) in [7, 11) is 0. The van der Waals surface area contributed by atoms with E-state index in [1.54, 1.807) is 0 Å². The molecule has 0 aromatic heterocycles. The molecule has 0 saturated carbocycles. The van der Waals surface area contributed by atoms with Crippen LogP contribution in [0.3, 0.4) is 0 Å². The van der Waals surface area contributed by atoms with Crippen LogP contribution in [-0.4, -0.2) is 61.0 Å². The molecule has 5 heteroatoms. The molecule has 0 spiro atoms. The minimum absolute atomic E-state index is 0.293. The molecule has 2 aliphatic heterocycles. The number of hydroxylamine groups is 1. The Morgan fingerprint density at radius 2 is 1.88 bits per heavy atom. The van der Waals surface area contributed by atoms with Crippen LogP contribution in [0.1, 0.15) is 20.8 Å². The fraction of sp³-hybridized carbons (Fsp3) is 1.00. The minimum atomic E-state index is 0.293. The molecule has 0 aromatic carbocycles. The van der Waals surface area contributed by atoms with Crippen LogP contribution in [0, 0.1) is 0 Å². The molecular weight excluding hydrogens is 204 g/mol. The molecule has 0 radical (unpaired) electrons. The Bertz CT molecular complexity index is 215. The van der Waals surface area contributed by atoms with Crippen LogP contribution in [0.5, 0.6) is 0 Å². The van der Waals surface area contributed by atoms with Crippen LogP contribution < -0.4 is 10.8 Å². The number of nitrogens with one attached hydrogen (secondary N) is 2. The van der Waals surface area contributed by atoms with Gasteiger partial charge in [0.25, 0.3) is 0 Å². The van der Waals surface area contributed by atoms with Crippen molar-refractivity contribution in [2.75, 3.05) is 39.5 Å². The molecule has 2 rings (SSSR count). The van der Waals surface area contributed by atoms with Crippen molar-refractivity contribution in [2.45, 2.75) is 32.5 Å². The van der Waals surface area contributed by atoms with Gasteiger partial charge >= 0.3 is 0 Å². The fourth-order valence-corrected chi connectivity index (χ4v) is 2.29. The fourth-order valence-electron chi connectivity index (χ4n) is 2.29. The Morgan fingerprint density at radius 3 is 2.38 bits per heavy atom. The van der Waals surface area contributed by atoms with Gasteiger partial charge in [-0.3, -0.25) is 20.0 Å². The zero-order chi connectivity index (χ0) is 11.6. The van der Waals surface area contributed by atoms with Crippen molar-refractivity contribution < 1.29 is 4.84 Å². The average molecular weight is 228 g/mol. The van der Waals surface area contributed by atoms with E-state index in [9.17, 15) is 0 Å². The summed E-state index contributed by atoms with van der Waals surface area (Å²) >= 11 is 0. The van der Waals surface area contributed by atoms with Gasteiger partial charge in [-0.1, -0.05) is 0 Å². The monoisotopic (exact) mass is 228 g/mol. The molecule has 2 N–H and O–H groups in total. The van der Waals surface area contributed by atoms with Crippen LogP contribution in [-0.2, 0) is 4.84 Å². The van der Waals surface area contributed by atoms with Crippen LogP contribution >= 0.6 is 0 Å². The maximum absolute atomic E-state index is 5.08. The lowest BCUT2D eigenvalue weighted by Crippen LogP contribution is -2.56. The summed E-state index contributed by atoms with van der Waals surface area (Å²) in [5.74, 6) is 0. The largest absolute Gasteiger partial charge is 0.298 e. The second-order valence-electron chi connectivity index (χ2n) is 5.62. The number of rotatable bonds is 2. The number of hydrogen-bond donors (Lipinski definition) is 2. The highest BCUT2D eigenvalue weighted by atomic mass is 16.7. The van der Waals surface area contributed by atoms with E-state index in [4.69, 9.17) is 4.84 Å². The first-order valence-corrected chi connectivity index (χ1v) is 6.14. The van der Waals surface area contributed by atoms with E-state index in [1.165, 1.54) is 0 Å². The van der Waals surface area contributed by atoms with Crippen molar-refractivity contribution in [1.82, 2.24) is 20.6 Å². The third-order valence-electron chi connectivity index (χ3n) is 3.39. The summed E-state index contributed by atoms with van der Waals surface area (Å²) in [6.07, 6.45) is 0.293. The van der Waals surface area contributed by atoms with Crippen LogP contribution in [0.25, 0.3) is 0 Å². The highest BCUT2D eigenvalue weighted by Gasteiger charge is 2.27. The molecule has 5 nitrogen and oxygen atoms in total. The van der Waals surface area contributed by atoms with E-state index >= 15 is 0 Å². The Hall–Kier alpha value is -0.200. The van der Waals surface area contributed by atoms with Crippen molar-refractivity contribution in [1.29, 1.82) is 0 Å². The summed E-state index contributed by atoms with van der Waals surface area (Å²) < 4.78 is 0. The van der Waals surface area contributed by atoms with Gasteiger partial charge in [-0.15, -0.1) is 0 Å². The molecule has 1 unspecified atom stereocenters. The van der Waals surface area contributed by atoms with Gasteiger partial charge in [0.15, 0.2) is 0 Å². The van der Waals surface area contributed by atoms with E-state index in [2.05, 4.69) is 41.4 Å². The smallest absolute Gasteiger partial charge is 0.120 e. The molecule has 16 heavy (non-hydrogen) atoms. The van der Waals surface area contributed by atoms with Gasteiger partial charge < -0.3 is 0 Å². The second kappa shape index (κ2) is 4.98. The molecule has 94 valence electrons. The van der Waals surface area contributed by atoms with Gasteiger partial charge in [0.05, 0.1) is 6.17 Å². The first-order chi connectivity index (χ1) is 7.55. The van der Waals surface area contributed by atoms with Crippen molar-refractivity contribution >= 4 is 0 Å². The Kier molecular flexibility index (Phi) is 3.81. The first kappa shape index (κ1) is 12.3. The molecular formula is C11H24N4O. The maximum Gasteiger partial charge on any atom is 0.120 e. The summed E-state index contributed by atoms with van der Waals surface area (Å²) in [6, 6.07) is 0. The maximum atomic E-state index is 5.08. The standard InChI is InChI=1S/C11H24N4O/c1-11(2,3)15-6-4-14(5-7-15)8-10-12-9-16-13-10/h10,12-13H,4-9H2,1-3H3. The van der Waals surface area contributed by atoms with Crippen LogP contribution in [0.4, 0.5) is 0 Å². The topological polar surface area (TPSA) is 39.8 Å². The third kappa shape index (κ3) is 3.15. The molecule has 0 aliphatic carbocycles. The molecule has 0 bridgehead atoms. The van der Waals surface area contributed by atoms with Crippen molar-refractivity contribution in [3.63, 3.8) is 0 Å². The molecule has 0 aromatic rings. The predicted octanol–water partition coefficient (Wildman–Crippen LogP) is -0.189. The average Bonchev–Trinajstić information content (AvgIpc) is 2.70. The van der Waals surface area contributed by atoms with E-state index in [0.29, 0.717) is 18.4 Å². The van der Waals surface area contributed by atoms with Gasteiger partial charge in [-0.25, -0.2) is 0 Å². The lowest BCUT2D eigenvalue weighted by atomic mass is 10.0. The van der Waals surface area contributed by atoms with E-state index in [-0.39, 0.29) is 0 Å². The summed E-state index contributed by atoms with van der Waals surface area (Å²) in [5, 5.41) is 3.26. The number of piperazine rings is 1. The SMILES string of the molecule is CC(C)(C)N1CCN(CC2NCON2)CC1. The van der Waals surface area contributed by atoms with Crippen LogP contribution in [0.2, 0.25) is 0 Å². The predicted molar refractivity (Wildman–Crippen MR) is 63.8 cm³/mol. The Balaban J connectivity index is 1.72. The third-order valence-corrected chi connectivity index (χ3v) is 3.39. The lowest BCUT2D eigenvalue weighted by molar-refractivity contribution is 0.0453. The van der Waals surface area contributed by atoms with Crippen molar-refractivity contribution in [3.8, 4) is 0 Å². The molecule has 2 heterocycles.